The fourth-order valence-electron chi connectivity index (χ4n) is 4.00. The molecular formula is C29H24BrClN2O6S. The maximum absolute atomic E-state index is 13.1. The van der Waals surface area contributed by atoms with Crippen LogP contribution in [0, 0.1) is 0 Å². The van der Waals surface area contributed by atoms with Gasteiger partial charge in [0.2, 0.25) is 12.0 Å². The van der Waals surface area contributed by atoms with Crippen molar-refractivity contribution in [2.75, 3.05) is 13.7 Å². The minimum Gasteiger partial charge on any atom is -0.497 e. The van der Waals surface area contributed by atoms with E-state index in [1.54, 1.807) is 26.2 Å². The van der Waals surface area contributed by atoms with Gasteiger partial charge in [-0.05, 0) is 75.9 Å². The number of aromatic nitrogens is 2. The van der Waals surface area contributed by atoms with Crippen LogP contribution in [0.15, 0.2) is 75.9 Å². The first-order valence-electron chi connectivity index (χ1n) is 12.3. The van der Waals surface area contributed by atoms with Crippen molar-refractivity contribution in [3.05, 3.63) is 87.8 Å². The second-order valence-electron chi connectivity index (χ2n) is 8.52. The van der Waals surface area contributed by atoms with Crippen molar-refractivity contribution >= 4 is 55.1 Å². The second kappa shape index (κ2) is 12.7. The van der Waals surface area contributed by atoms with Gasteiger partial charge in [0.1, 0.15) is 35.0 Å². The van der Waals surface area contributed by atoms with Gasteiger partial charge < -0.3 is 23.4 Å². The van der Waals surface area contributed by atoms with Crippen molar-refractivity contribution in [2.24, 2.45) is 0 Å². The summed E-state index contributed by atoms with van der Waals surface area (Å²) in [5, 5.41) is 0.894. The summed E-state index contributed by atoms with van der Waals surface area (Å²) in [4.78, 5) is 23.2. The first-order valence-corrected chi connectivity index (χ1v) is 14.3. The third-order valence-electron chi connectivity index (χ3n) is 5.93. The Morgan fingerprint density at radius 1 is 1.10 bits per heavy atom. The molecule has 0 bridgehead atoms. The Bertz CT molecular complexity index is 1620. The van der Waals surface area contributed by atoms with Crippen LogP contribution in [-0.4, -0.2) is 35.8 Å². The predicted octanol–water partition coefficient (Wildman–Crippen LogP) is 7.51. The summed E-state index contributed by atoms with van der Waals surface area (Å²) in [5.74, 6) is 1.72. The Labute approximate surface area is 247 Å². The number of fused-ring (bicyclic) bond motifs is 1. The van der Waals surface area contributed by atoms with Gasteiger partial charge in [-0.2, -0.15) is 0 Å². The minimum absolute atomic E-state index is 0.200. The Hall–Kier alpha value is -3.60. The van der Waals surface area contributed by atoms with Gasteiger partial charge >= 0.3 is 5.97 Å². The largest absolute Gasteiger partial charge is 0.497 e. The van der Waals surface area contributed by atoms with E-state index in [0.717, 1.165) is 21.8 Å². The molecule has 0 saturated carbocycles. The first kappa shape index (κ1) is 27.9. The van der Waals surface area contributed by atoms with Crippen LogP contribution in [0.2, 0.25) is 5.22 Å². The van der Waals surface area contributed by atoms with E-state index in [-0.39, 0.29) is 24.1 Å². The smallest absolute Gasteiger partial charge is 0.347 e. The molecule has 2 aromatic carbocycles. The lowest BCUT2D eigenvalue weighted by Crippen LogP contribution is -2.32. The molecule has 8 nitrogen and oxygen atoms in total. The standard InChI is InChI=1S/C29H24BrClN2O6S/c1-3-36-29(34)22(14-18-6-4-5-7-20(18)37-15-17-8-10-19(35-2)11-9-17)39-27-24-25(30)26(21-12-13-23(31)38-21)40-28(24)33-16-32-27/h4-13,16,22H,3,14-15H2,1-2H3/t22-/m1/s1. The van der Waals surface area contributed by atoms with E-state index < -0.39 is 12.1 Å². The van der Waals surface area contributed by atoms with Gasteiger partial charge in [0.15, 0.2) is 5.22 Å². The number of thiophene rings is 1. The number of carbonyl (C=O) groups is 1. The highest BCUT2D eigenvalue weighted by molar-refractivity contribution is 9.10. The molecule has 11 heteroatoms. The van der Waals surface area contributed by atoms with Gasteiger partial charge in [0.25, 0.3) is 0 Å². The van der Waals surface area contributed by atoms with E-state index in [4.69, 9.17) is 35.0 Å². The molecule has 0 saturated heterocycles. The van der Waals surface area contributed by atoms with Gasteiger partial charge in [-0.3, -0.25) is 0 Å². The number of nitrogens with zero attached hydrogens (tertiary/aromatic N) is 2. The van der Waals surface area contributed by atoms with E-state index in [1.165, 1.54) is 17.7 Å². The molecule has 0 amide bonds. The third kappa shape index (κ3) is 6.24. The number of halogens is 2. The maximum atomic E-state index is 13.1. The number of furan rings is 1. The van der Waals surface area contributed by atoms with Gasteiger partial charge in [-0.25, -0.2) is 14.8 Å². The summed E-state index contributed by atoms with van der Waals surface area (Å²) in [7, 11) is 1.63. The van der Waals surface area contributed by atoms with E-state index in [9.17, 15) is 4.79 Å². The zero-order chi connectivity index (χ0) is 28.1. The molecule has 5 rings (SSSR count). The molecule has 40 heavy (non-hydrogen) atoms. The Morgan fingerprint density at radius 3 is 2.62 bits per heavy atom. The molecule has 1 atom stereocenters. The number of esters is 1. The van der Waals surface area contributed by atoms with Crippen molar-refractivity contribution in [3.8, 4) is 28.0 Å². The van der Waals surface area contributed by atoms with Gasteiger partial charge in [-0.15, -0.1) is 11.3 Å². The average molecular weight is 644 g/mol. The van der Waals surface area contributed by atoms with Crippen molar-refractivity contribution in [3.63, 3.8) is 0 Å². The van der Waals surface area contributed by atoms with Crippen molar-refractivity contribution in [1.82, 2.24) is 9.97 Å². The molecule has 0 unspecified atom stereocenters. The van der Waals surface area contributed by atoms with Crippen LogP contribution < -0.4 is 14.2 Å². The number of ether oxygens (including phenoxy) is 4. The fourth-order valence-corrected chi connectivity index (χ4v) is 6.06. The molecule has 0 N–H and O–H groups in total. The number of hydrogen-bond acceptors (Lipinski definition) is 9. The Morgan fingerprint density at radius 2 is 1.90 bits per heavy atom. The zero-order valence-corrected chi connectivity index (χ0v) is 24.7. The molecule has 3 heterocycles. The topological polar surface area (TPSA) is 92.9 Å². The Balaban J connectivity index is 1.41. The lowest BCUT2D eigenvalue weighted by molar-refractivity contribution is -0.151. The van der Waals surface area contributed by atoms with Gasteiger partial charge in [0, 0.05) is 6.42 Å². The normalized spacial score (nSPS) is 11.8. The van der Waals surface area contributed by atoms with Crippen molar-refractivity contribution in [1.29, 1.82) is 0 Å². The highest BCUT2D eigenvalue weighted by atomic mass is 79.9. The summed E-state index contributed by atoms with van der Waals surface area (Å²) in [6.07, 6.45) is 0.608. The first-order chi connectivity index (χ1) is 19.5. The zero-order valence-electron chi connectivity index (χ0n) is 21.6. The number of carbonyl (C=O) groups excluding carboxylic acids is 1. The maximum Gasteiger partial charge on any atom is 0.347 e. The molecule has 206 valence electrons. The number of benzene rings is 2. The molecule has 0 spiro atoms. The van der Waals surface area contributed by atoms with E-state index >= 15 is 0 Å². The molecule has 0 radical (unpaired) electrons. The molecule has 3 aromatic heterocycles. The van der Waals surface area contributed by atoms with Crippen LogP contribution in [0.5, 0.6) is 17.4 Å². The average Bonchev–Trinajstić information content (AvgIpc) is 3.55. The minimum atomic E-state index is -0.989. The van der Waals surface area contributed by atoms with Gasteiger partial charge in [-0.1, -0.05) is 30.3 Å². The number of methoxy groups -OCH3 is 1. The Kier molecular flexibility index (Phi) is 8.88. The molecular weight excluding hydrogens is 620 g/mol. The predicted molar refractivity (Wildman–Crippen MR) is 156 cm³/mol. The molecule has 0 aliphatic heterocycles. The molecule has 5 aromatic rings. The summed E-state index contributed by atoms with van der Waals surface area (Å²) in [6, 6.07) is 18.6. The molecule has 0 aliphatic carbocycles. The van der Waals surface area contributed by atoms with Crippen LogP contribution in [0.1, 0.15) is 18.1 Å². The lowest BCUT2D eigenvalue weighted by Gasteiger charge is -2.19. The van der Waals surface area contributed by atoms with Crippen LogP contribution in [-0.2, 0) is 22.6 Å². The monoisotopic (exact) mass is 642 g/mol. The van der Waals surface area contributed by atoms with E-state index in [2.05, 4.69) is 25.9 Å². The summed E-state index contributed by atoms with van der Waals surface area (Å²) in [5.41, 5.74) is 1.77. The quantitative estimate of drug-likeness (QED) is 0.137. The SMILES string of the molecule is CCOC(=O)[C@@H](Cc1ccccc1OCc1ccc(OC)cc1)Oc1ncnc2sc(-c3ccc(Cl)o3)c(Br)c12. The number of rotatable bonds is 11. The second-order valence-corrected chi connectivity index (χ2v) is 10.7. The number of para-hydroxylation sites is 1. The summed E-state index contributed by atoms with van der Waals surface area (Å²) in [6.45, 7) is 2.30. The summed E-state index contributed by atoms with van der Waals surface area (Å²) < 4.78 is 29.2. The molecule has 0 fully saturated rings. The van der Waals surface area contributed by atoms with Crippen LogP contribution >= 0.6 is 38.9 Å². The van der Waals surface area contributed by atoms with Crippen molar-refractivity contribution < 1.29 is 28.2 Å². The highest BCUT2D eigenvalue weighted by Crippen LogP contribution is 2.45. The third-order valence-corrected chi connectivity index (χ3v) is 8.30. The lowest BCUT2D eigenvalue weighted by atomic mass is 10.1. The summed E-state index contributed by atoms with van der Waals surface area (Å²) >= 11 is 11.0. The number of hydrogen-bond donors (Lipinski definition) is 0. The van der Waals surface area contributed by atoms with Crippen LogP contribution in [0.3, 0.4) is 0 Å². The van der Waals surface area contributed by atoms with E-state index in [0.29, 0.717) is 32.8 Å². The van der Waals surface area contributed by atoms with Gasteiger partial charge in [0.05, 0.1) is 28.5 Å². The van der Waals surface area contributed by atoms with E-state index in [1.807, 2.05) is 48.5 Å². The molecule has 0 aliphatic rings. The van der Waals surface area contributed by atoms with Crippen LogP contribution in [0.4, 0.5) is 0 Å². The van der Waals surface area contributed by atoms with Crippen molar-refractivity contribution in [2.45, 2.75) is 26.1 Å². The highest BCUT2D eigenvalue weighted by Gasteiger charge is 2.28. The fraction of sp³-hybridized carbons (Fsp3) is 0.207. The van der Waals surface area contributed by atoms with Crippen LogP contribution in [0.25, 0.3) is 20.9 Å².